The summed E-state index contributed by atoms with van der Waals surface area (Å²) in [7, 11) is -3.08. The molecule has 1 aromatic carbocycles. The van der Waals surface area contributed by atoms with E-state index in [1.165, 1.54) is 0 Å². The van der Waals surface area contributed by atoms with Crippen molar-refractivity contribution in [2.24, 2.45) is 0 Å². The minimum absolute atomic E-state index is 0.0554. The molecule has 0 aromatic heterocycles. The Hall–Kier alpha value is -1.34. The smallest absolute Gasteiger partial charge is 0.157 e. The van der Waals surface area contributed by atoms with Gasteiger partial charge in [0.15, 0.2) is 9.84 Å². The molecular weight excluding hydrogens is 234 g/mol. The topological polar surface area (TPSA) is 57.9 Å². The van der Waals surface area contributed by atoms with Crippen molar-refractivity contribution in [1.29, 1.82) is 5.26 Å². The lowest BCUT2D eigenvalue weighted by atomic mass is 10.2. The zero-order valence-electron chi connectivity index (χ0n) is 10.2. The summed E-state index contributed by atoms with van der Waals surface area (Å²) < 4.78 is 24.0. The van der Waals surface area contributed by atoms with E-state index < -0.39 is 9.84 Å². The van der Waals surface area contributed by atoms with E-state index in [4.69, 9.17) is 5.26 Å². The van der Waals surface area contributed by atoms with Crippen LogP contribution in [0.1, 0.15) is 37.8 Å². The van der Waals surface area contributed by atoms with Crippen LogP contribution in [0.3, 0.4) is 0 Å². The number of nitrogens with zero attached hydrogens (tertiary/aromatic N) is 1. The van der Waals surface area contributed by atoms with E-state index in [1.807, 2.05) is 13.0 Å². The van der Waals surface area contributed by atoms with Gasteiger partial charge in [0.2, 0.25) is 0 Å². The van der Waals surface area contributed by atoms with E-state index in [2.05, 4.69) is 0 Å². The third-order valence-corrected chi connectivity index (χ3v) is 4.96. The summed E-state index contributed by atoms with van der Waals surface area (Å²) >= 11 is 0. The van der Waals surface area contributed by atoms with Crippen molar-refractivity contribution in [3.8, 4) is 6.07 Å². The Morgan fingerprint density at radius 1 is 1.29 bits per heavy atom. The Labute approximate surface area is 103 Å². The first kappa shape index (κ1) is 13.7. The monoisotopic (exact) mass is 251 g/mol. The summed E-state index contributed by atoms with van der Waals surface area (Å²) in [5.41, 5.74) is 1.29. The molecule has 0 radical (unpaired) electrons. The van der Waals surface area contributed by atoms with E-state index in [0.29, 0.717) is 12.0 Å². The van der Waals surface area contributed by atoms with E-state index >= 15 is 0 Å². The third-order valence-electron chi connectivity index (χ3n) is 2.76. The molecule has 3 nitrogen and oxygen atoms in total. The SMILES string of the molecule is CCCC(C)S(=O)(=O)Cc1ccc(C#N)cc1. The van der Waals surface area contributed by atoms with Gasteiger partial charge in [0, 0.05) is 0 Å². The number of rotatable bonds is 5. The minimum atomic E-state index is -3.08. The molecule has 0 aliphatic carbocycles. The van der Waals surface area contributed by atoms with Gasteiger partial charge in [0.1, 0.15) is 0 Å². The summed E-state index contributed by atoms with van der Waals surface area (Å²) in [6.07, 6.45) is 1.56. The maximum Gasteiger partial charge on any atom is 0.157 e. The maximum atomic E-state index is 12.0. The molecule has 0 fully saturated rings. The van der Waals surface area contributed by atoms with Gasteiger partial charge in [-0.15, -0.1) is 0 Å². The maximum absolute atomic E-state index is 12.0. The van der Waals surface area contributed by atoms with E-state index in [1.54, 1.807) is 31.2 Å². The third kappa shape index (κ3) is 3.86. The molecular formula is C13H17NO2S. The van der Waals surface area contributed by atoms with Gasteiger partial charge in [-0.1, -0.05) is 25.5 Å². The Morgan fingerprint density at radius 2 is 1.88 bits per heavy atom. The van der Waals surface area contributed by atoms with Gasteiger partial charge in [-0.3, -0.25) is 0 Å². The van der Waals surface area contributed by atoms with Gasteiger partial charge in [-0.05, 0) is 31.0 Å². The number of sulfone groups is 1. The number of hydrogen-bond donors (Lipinski definition) is 0. The Balaban J connectivity index is 2.80. The summed E-state index contributed by atoms with van der Waals surface area (Å²) in [4.78, 5) is 0. The lowest BCUT2D eigenvalue weighted by Crippen LogP contribution is -2.19. The highest BCUT2D eigenvalue weighted by atomic mass is 32.2. The van der Waals surface area contributed by atoms with Gasteiger partial charge in [-0.25, -0.2) is 8.42 Å². The van der Waals surface area contributed by atoms with Crippen LogP contribution in [0.15, 0.2) is 24.3 Å². The number of nitriles is 1. The molecule has 0 heterocycles. The molecule has 0 saturated carbocycles. The van der Waals surface area contributed by atoms with Crippen molar-refractivity contribution >= 4 is 9.84 Å². The summed E-state index contributed by atoms with van der Waals surface area (Å²) in [5.74, 6) is 0.0554. The second kappa shape index (κ2) is 5.83. The van der Waals surface area contributed by atoms with E-state index in [-0.39, 0.29) is 11.0 Å². The Morgan fingerprint density at radius 3 is 2.35 bits per heavy atom. The van der Waals surface area contributed by atoms with Crippen molar-refractivity contribution in [3.05, 3.63) is 35.4 Å². The molecule has 0 spiro atoms. The van der Waals surface area contributed by atoms with Gasteiger partial charge < -0.3 is 0 Å². The van der Waals surface area contributed by atoms with Gasteiger partial charge in [-0.2, -0.15) is 5.26 Å². The van der Waals surface area contributed by atoms with Crippen LogP contribution in [0, 0.1) is 11.3 Å². The first-order valence-corrected chi connectivity index (χ1v) is 7.41. The van der Waals surface area contributed by atoms with Gasteiger partial charge >= 0.3 is 0 Å². The highest BCUT2D eigenvalue weighted by Crippen LogP contribution is 2.15. The predicted octanol–water partition coefficient (Wildman–Crippen LogP) is 2.66. The molecule has 0 amide bonds. The fraction of sp³-hybridized carbons (Fsp3) is 0.462. The molecule has 0 aliphatic rings. The molecule has 1 atom stereocenters. The average Bonchev–Trinajstić information content (AvgIpc) is 2.30. The van der Waals surface area contributed by atoms with Crippen molar-refractivity contribution in [2.75, 3.05) is 0 Å². The first-order chi connectivity index (χ1) is 7.99. The molecule has 92 valence electrons. The zero-order chi connectivity index (χ0) is 12.9. The molecule has 0 saturated heterocycles. The average molecular weight is 251 g/mol. The first-order valence-electron chi connectivity index (χ1n) is 5.70. The van der Waals surface area contributed by atoms with Crippen LogP contribution in [-0.2, 0) is 15.6 Å². The lowest BCUT2D eigenvalue weighted by Gasteiger charge is -2.11. The van der Waals surface area contributed by atoms with Crippen LogP contribution in [0.4, 0.5) is 0 Å². The van der Waals surface area contributed by atoms with Crippen molar-refractivity contribution in [1.82, 2.24) is 0 Å². The van der Waals surface area contributed by atoms with Crippen molar-refractivity contribution in [2.45, 2.75) is 37.7 Å². The van der Waals surface area contributed by atoms with Crippen LogP contribution in [0.25, 0.3) is 0 Å². The highest BCUT2D eigenvalue weighted by Gasteiger charge is 2.20. The highest BCUT2D eigenvalue weighted by molar-refractivity contribution is 7.91. The standard InChI is InChI=1S/C13H17NO2S/c1-3-4-11(2)17(15,16)10-13-7-5-12(9-14)6-8-13/h5-8,11H,3-4,10H2,1-2H3. The quantitative estimate of drug-likeness (QED) is 0.808. The molecule has 1 rings (SSSR count). The zero-order valence-corrected chi connectivity index (χ0v) is 11.0. The Bertz CT molecular complexity index is 497. The van der Waals surface area contributed by atoms with Crippen LogP contribution in [0.5, 0.6) is 0 Å². The summed E-state index contributed by atoms with van der Waals surface area (Å²) in [6, 6.07) is 8.71. The molecule has 4 heteroatoms. The van der Waals surface area contributed by atoms with Crippen LogP contribution < -0.4 is 0 Å². The summed E-state index contributed by atoms with van der Waals surface area (Å²) in [5, 5.41) is 8.35. The molecule has 0 aliphatic heterocycles. The largest absolute Gasteiger partial charge is 0.228 e. The van der Waals surface area contributed by atoms with Gasteiger partial charge in [0.05, 0.1) is 22.6 Å². The second-order valence-corrected chi connectivity index (χ2v) is 6.63. The molecule has 17 heavy (non-hydrogen) atoms. The fourth-order valence-corrected chi connectivity index (χ4v) is 3.17. The van der Waals surface area contributed by atoms with E-state index in [9.17, 15) is 8.42 Å². The number of benzene rings is 1. The van der Waals surface area contributed by atoms with E-state index in [0.717, 1.165) is 12.0 Å². The Kier molecular flexibility index (Phi) is 4.71. The van der Waals surface area contributed by atoms with Crippen LogP contribution >= 0.6 is 0 Å². The lowest BCUT2D eigenvalue weighted by molar-refractivity contribution is 0.575. The number of hydrogen-bond acceptors (Lipinski definition) is 3. The predicted molar refractivity (Wildman–Crippen MR) is 68.2 cm³/mol. The fourth-order valence-electron chi connectivity index (χ4n) is 1.64. The molecule has 1 aromatic rings. The normalized spacial score (nSPS) is 13.0. The van der Waals surface area contributed by atoms with Gasteiger partial charge in [0.25, 0.3) is 0 Å². The molecule has 0 N–H and O–H groups in total. The van der Waals surface area contributed by atoms with Crippen molar-refractivity contribution < 1.29 is 8.42 Å². The minimum Gasteiger partial charge on any atom is -0.228 e. The second-order valence-electron chi connectivity index (χ2n) is 4.22. The molecule has 0 bridgehead atoms. The van der Waals surface area contributed by atoms with Crippen LogP contribution in [-0.4, -0.2) is 13.7 Å². The van der Waals surface area contributed by atoms with Crippen LogP contribution in [0.2, 0.25) is 0 Å². The summed E-state index contributed by atoms with van der Waals surface area (Å²) in [6.45, 7) is 3.73. The molecule has 1 unspecified atom stereocenters. The van der Waals surface area contributed by atoms with Crippen molar-refractivity contribution in [3.63, 3.8) is 0 Å².